The van der Waals surface area contributed by atoms with Crippen molar-refractivity contribution in [3.63, 3.8) is 0 Å². The minimum Gasteiger partial charge on any atom is -0.494 e. The minimum atomic E-state index is 0. The first kappa shape index (κ1) is 21.8. The largest absolute Gasteiger partial charge is 0.494 e. The molecule has 138 valence electrons. The molecule has 26 heavy (non-hydrogen) atoms. The van der Waals surface area contributed by atoms with Crippen molar-refractivity contribution >= 4 is 29.9 Å². The second kappa shape index (κ2) is 13.0. The first-order chi connectivity index (χ1) is 12.3. The maximum absolute atomic E-state index is 8.82. The number of aliphatic imine (C=N–C) groups is 1. The van der Waals surface area contributed by atoms with Gasteiger partial charge in [0.05, 0.1) is 24.8 Å². The Morgan fingerprint density at radius 3 is 2.46 bits per heavy atom. The number of nitriles is 1. The Bertz CT molecular complexity index is 696. The van der Waals surface area contributed by atoms with Crippen LogP contribution in [0.4, 0.5) is 0 Å². The van der Waals surface area contributed by atoms with E-state index in [2.05, 4.69) is 21.7 Å². The first-order valence-electron chi connectivity index (χ1n) is 8.51. The Balaban J connectivity index is 0.00000338. The van der Waals surface area contributed by atoms with Gasteiger partial charge in [-0.15, -0.1) is 24.0 Å². The number of halogens is 1. The molecule has 6 heteroatoms. The third kappa shape index (κ3) is 8.21. The number of nitrogens with zero attached hydrogens (tertiary/aromatic N) is 2. The van der Waals surface area contributed by atoms with Gasteiger partial charge in [0.2, 0.25) is 0 Å². The van der Waals surface area contributed by atoms with Crippen molar-refractivity contribution in [1.82, 2.24) is 10.6 Å². The summed E-state index contributed by atoms with van der Waals surface area (Å²) in [4.78, 5) is 4.57. The Kier molecular flexibility index (Phi) is 10.9. The lowest BCUT2D eigenvalue weighted by atomic mass is 10.1. The van der Waals surface area contributed by atoms with Crippen molar-refractivity contribution in [3.8, 4) is 11.8 Å². The van der Waals surface area contributed by atoms with Crippen molar-refractivity contribution in [2.75, 3.05) is 19.7 Å². The van der Waals surface area contributed by atoms with Crippen molar-refractivity contribution in [2.24, 2.45) is 4.99 Å². The van der Waals surface area contributed by atoms with Crippen LogP contribution in [0.5, 0.6) is 5.75 Å². The van der Waals surface area contributed by atoms with Gasteiger partial charge in [-0.3, -0.25) is 0 Å². The number of para-hydroxylation sites is 1. The van der Waals surface area contributed by atoms with Crippen LogP contribution in [0.1, 0.15) is 24.5 Å². The third-order valence-corrected chi connectivity index (χ3v) is 3.47. The van der Waals surface area contributed by atoms with Gasteiger partial charge < -0.3 is 15.4 Å². The predicted molar refractivity (Wildman–Crippen MR) is 116 cm³/mol. The van der Waals surface area contributed by atoms with Gasteiger partial charge in [-0.2, -0.15) is 5.26 Å². The zero-order valence-corrected chi connectivity index (χ0v) is 17.3. The van der Waals surface area contributed by atoms with Gasteiger partial charge in [0.1, 0.15) is 5.75 Å². The average molecular weight is 464 g/mol. The molecule has 0 bridgehead atoms. The molecule has 0 aliphatic rings. The average Bonchev–Trinajstić information content (AvgIpc) is 2.67. The van der Waals surface area contributed by atoms with Crippen molar-refractivity contribution in [3.05, 3.63) is 65.7 Å². The van der Waals surface area contributed by atoms with Gasteiger partial charge >= 0.3 is 0 Å². The molecule has 0 amide bonds. The molecule has 0 aliphatic carbocycles. The van der Waals surface area contributed by atoms with E-state index < -0.39 is 0 Å². The van der Waals surface area contributed by atoms with E-state index in [0.717, 1.165) is 36.8 Å². The molecular weight excluding hydrogens is 439 g/mol. The fourth-order valence-electron chi connectivity index (χ4n) is 2.18. The molecule has 0 atom stereocenters. The van der Waals surface area contributed by atoms with Crippen LogP contribution in [0.3, 0.4) is 0 Å². The number of rotatable bonds is 8. The van der Waals surface area contributed by atoms with E-state index in [1.165, 1.54) is 0 Å². The number of guanidine groups is 1. The molecule has 2 N–H and O–H groups in total. The smallest absolute Gasteiger partial charge is 0.191 e. The van der Waals surface area contributed by atoms with E-state index in [4.69, 9.17) is 10.00 Å². The highest BCUT2D eigenvalue weighted by Crippen LogP contribution is 2.08. The first-order valence-corrected chi connectivity index (χ1v) is 8.51. The van der Waals surface area contributed by atoms with Crippen LogP contribution in [-0.2, 0) is 6.54 Å². The highest BCUT2D eigenvalue weighted by molar-refractivity contribution is 14.0. The fourth-order valence-corrected chi connectivity index (χ4v) is 2.18. The van der Waals surface area contributed by atoms with Crippen LogP contribution in [0.2, 0.25) is 0 Å². The van der Waals surface area contributed by atoms with Crippen LogP contribution in [0.15, 0.2) is 59.6 Å². The van der Waals surface area contributed by atoms with Crippen LogP contribution < -0.4 is 15.4 Å². The summed E-state index contributed by atoms with van der Waals surface area (Å²) in [6.45, 7) is 4.86. The van der Waals surface area contributed by atoms with Gasteiger partial charge in [-0.1, -0.05) is 30.3 Å². The van der Waals surface area contributed by atoms with Crippen molar-refractivity contribution in [2.45, 2.75) is 19.9 Å². The molecule has 0 radical (unpaired) electrons. The lowest BCUT2D eigenvalue weighted by Gasteiger charge is -2.12. The minimum absolute atomic E-state index is 0. The number of hydrogen-bond acceptors (Lipinski definition) is 3. The molecular formula is C20H25IN4O. The molecule has 0 saturated carbocycles. The van der Waals surface area contributed by atoms with Gasteiger partial charge in [0, 0.05) is 13.1 Å². The Hall–Kier alpha value is -2.27. The molecule has 0 heterocycles. The van der Waals surface area contributed by atoms with Crippen LogP contribution in [0, 0.1) is 11.3 Å². The molecule has 0 saturated heterocycles. The van der Waals surface area contributed by atoms with Gasteiger partial charge in [0.25, 0.3) is 0 Å². The fraction of sp³-hybridized carbons (Fsp3) is 0.300. The topological polar surface area (TPSA) is 69.4 Å². The maximum atomic E-state index is 8.82. The molecule has 5 nitrogen and oxygen atoms in total. The quantitative estimate of drug-likeness (QED) is 0.271. The Morgan fingerprint density at radius 1 is 1.08 bits per heavy atom. The molecule has 0 aliphatic heterocycles. The highest BCUT2D eigenvalue weighted by atomic mass is 127. The number of benzene rings is 2. The second-order valence-corrected chi connectivity index (χ2v) is 5.45. The summed E-state index contributed by atoms with van der Waals surface area (Å²) in [5.41, 5.74) is 1.74. The van der Waals surface area contributed by atoms with E-state index in [1.807, 2.05) is 61.5 Å². The zero-order valence-electron chi connectivity index (χ0n) is 14.9. The Labute approximate surface area is 172 Å². The number of hydrogen-bond donors (Lipinski definition) is 2. The van der Waals surface area contributed by atoms with Crippen molar-refractivity contribution in [1.29, 1.82) is 5.26 Å². The number of ether oxygens (including phenoxy) is 1. The summed E-state index contributed by atoms with van der Waals surface area (Å²) >= 11 is 0. The van der Waals surface area contributed by atoms with Gasteiger partial charge in [0.15, 0.2) is 5.96 Å². The molecule has 0 aromatic heterocycles. The van der Waals surface area contributed by atoms with Gasteiger partial charge in [-0.05, 0) is 43.2 Å². The molecule has 2 aromatic rings. The SMILES string of the molecule is CCNC(=NCc1ccc(C#N)cc1)NCCCOc1ccccc1.I. The van der Waals surface area contributed by atoms with Crippen LogP contribution in [0.25, 0.3) is 0 Å². The summed E-state index contributed by atoms with van der Waals surface area (Å²) < 4.78 is 5.67. The third-order valence-electron chi connectivity index (χ3n) is 3.47. The van der Waals surface area contributed by atoms with E-state index in [0.29, 0.717) is 18.7 Å². The summed E-state index contributed by atoms with van der Waals surface area (Å²) in [6.07, 6.45) is 0.885. The molecule has 0 fully saturated rings. The summed E-state index contributed by atoms with van der Waals surface area (Å²) in [6, 6.07) is 19.4. The monoisotopic (exact) mass is 464 g/mol. The van der Waals surface area contributed by atoms with Crippen LogP contribution >= 0.6 is 24.0 Å². The molecule has 0 unspecified atom stereocenters. The van der Waals surface area contributed by atoms with Gasteiger partial charge in [-0.25, -0.2) is 4.99 Å². The van der Waals surface area contributed by atoms with E-state index in [9.17, 15) is 0 Å². The predicted octanol–water partition coefficient (Wildman–Crippen LogP) is 3.70. The van der Waals surface area contributed by atoms with Crippen LogP contribution in [-0.4, -0.2) is 25.7 Å². The summed E-state index contributed by atoms with van der Waals surface area (Å²) in [7, 11) is 0. The lowest BCUT2D eigenvalue weighted by molar-refractivity contribution is 0.311. The zero-order chi connectivity index (χ0) is 17.7. The molecule has 0 spiro atoms. The molecule has 2 rings (SSSR count). The second-order valence-electron chi connectivity index (χ2n) is 5.45. The molecule has 2 aromatic carbocycles. The van der Waals surface area contributed by atoms with E-state index in [-0.39, 0.29) is 24.0 Å². The van der Waals surface area contributed by atoms with Crippen molar-refractivity contribution < 1.29 is 4.74 Å². The normalized spacial score (nSPS) is 10.4. The summed E-state index contributed by atoms with van der Waals surface area (Å²) in [5, 5.41) is 15.4. The van der Waals surface area contributed by atoms with E-state index >= 15 is 0 Å². The van der Waals surface area contributed by atoms with E-state index in [1.54, 1.807) is 0 Å². The Morgan fingerprint density at radius 2 is 1.81 bits per heavy atom. The standard InChI is InChI=1S/C20H24N4O.HI/c1-2-22-20(24-16-18-11-9-17(15-21)10-12-18)23-13-6-14-25-19-7-4-3-5-8-19;/h3-5,7-12H,2,6,13-14,16H2,1H3,(H2,22,23,24);1H. The highest BCUT2D eigenvalue weighted by Gasteiger charge is 1.99. The number of nitrogens with one attached hydrogen (secondary N) is 2. The lowest BCUT2D eigenvalue weighted by Crippen LogP contribution is -2.38. The maximum Gasteiger partial charge on any atom is 0.191 e. The summed E-state index contributed by atoms with van der Waals surface area (Å²) in [5.74, 6) is 1.68.